The molecule has 4 heteroatoms. The van der Waals surface area contributed by atoms with E-state index >= 15 is 0 Å². The molecule has 0 aromatic rings. The number of hydrogen-bond donors (Lipinski definition) is 1. The molecule has 1 N–H and O–H groups in total. The van der Waals surface area contributed by atoms with E-state index in [-0.39, 0.29) is 35.4 Å². The Bertz CT molecular complexity index is 348. The Morgan fingerprint density at radius 2 is 1.74 bits per heavy atom. The third-order valence-electron chi connectivity index (χ3n) is 4.57. The van der Waals surface area contributed by atoms with Crippen LogP contribution in [0.25, 0.3) is 0 Å². The molecule has 1 saturated heterocycles. The number of hydrogen-bond acceptors (Lipinski definition) is 2. The summed E-state index contributed by atoms with van der Waals surface area (Å²) in [4.78, 5) is 26.9. The van der Waals surface area contributed by atoms with Gasteiger partial charge in [0.05, 0.1) is 0 Å². The SMILES string of the molecule is CCC1C(=O)NC(C(C)C)C(=O)N1C(C)(CC)CC. The monoisotopic (exact) mass is 268 g/mol. The summed E-state index contributed by atoms with van der Waals surface area (Å²) in [6, 6.07) is -0.708. The largest absolute Gasteiger partial charge is 0.342 e. The van der Waals surface area contributed by atoms with E-state index in [2.05, 4.69) is 26.1 Å². The van der Waals surface area contributed by atoms with Crippen LogP contribution >= 0.6 is 0 Å². The van der Waals surface area contributed by atoms with Crippen LogP contribution in [0.5, 0.6) is 0 Å². The van der Waals surface area contributed by atoms with Gasteiger partial charge in [-0.05, 0) is 32.1 Å². The molecule has 19 heavy (non-hydrogen) atoms. The molecule has 0 spiro atoms. The Morgan fingerprint density at radius 1 is 1.21 bits per heavy atom. The third kappa shape index (κ3) is 2.77. The van der Waals surface area contributed by atoms with Crippen molar-refractivity contribution in [3.05, 3.63) is 0 Å². The average Bonchev–Trinajstić information content (AvgIpc) is 2.39. The number of nitrogens with one attached hydrogen (secondary N) is 1. The molecule has 0 aromatic heterocycles. The molecular weight excluding hydrogens is 240 g/mol. The Kier molecular flexibility index (Phi) is 4.99. The van der Waals surface area contributed by atoms with Crippen LogP contribution in [0, 0.1) is 5.92 Å². The third-order valence-corrected chi connectivity index (χ3v) is 4.57. The fourth-order valence-electron chi connectivity index (χ4n) is 2.78. The minimum atomic E-state index is -0.382. The highest BCUT2D eigenvalue weighted by Gasteiger charge is 2.47. The molecule has 1 heterocycles. The zero-order chi connectivity index (χ0) is 14.8. The summed E-state index contributed by atoms with van der Waals surface area (Å²) in [5.74, 6) is 0.191. The lowest BCUT2D eigenvalue weighted by atomic mass is 9.86. The molecule has 4 nitrogen and oxygen atoms in total. The van der Waals surface area contributed by atoms with E-state index in [1.54, 1.807) is 0 Å². The summed E-state index contributed by atoms with van der Waals surface area (Å²) in [7, 11) is 0. The quantitative estimate of drug-likeness (QED) is 0.832. The summed E-state index contributed by atoms with van der Waals surface area (Å²) < 4.78 is 0. The molecule has 2 amide bonds. The van der Waals surface area contributed by atoms with Crippen molar-refractivity contribution < 1.29 is 9.59 Å². The molecule has 0 saturated carbocycles. The lowest BCUT2D eigenvalue weighted by molar-refractivity contribution is -0.158. The van der Waals surface area contributed by atoms with Crippen molar-refractivity contribution in [1.82, 2.24) is 10.2 Å². The van der Waals surface area contributed by atoms with Crippen LogP contribution in [0.3, 0.4) is 0 Å². The molecule has 1 rings (SSSR count). The molecule has 0 aliphatic carbocycles. The summed E-state index contributed by atoms with van der Waals surface area (Å²) in [6.45, 7) is 12.2. The summed E-state index contributed by atoms with van der Waals surface area (Å²) in [6.07, 6.45) is 2.39. The minimum absolute atomic E-state index is 0.00563. The maximum atomic E-state index is 12.8. The second-order valence-electron chi connectivity index (χ2n) is 6.07. The predicted molar refractivity (Wildman–Crippen MR) is 76.7 cm³/mol. The molecule has 110 valence electrons. The van der Waals surface area contributed by atoms with E-state index in [9.17, 15) is 9.59 Å². The Balaban J connectivity index is 3.19. The lowest BCUT2D eigenvalue weighted by Crippen LogP contribution is -2.69. The highest BCUT2D eigenvalue weighted by atomic mass is 16.2. The van der Waals surface area contributed by atoms with Gasteiger partial charge in [-0.15, -0.1) is 0 Å². The van der Waals surface area contributed by atoms with E-state index < -0.39 is 0 Å². The van der Waals surface area contributed by atoms with Gasteiger partial charge in [-0.3, -0.25) is 9.59 Å². The Labute approximate surface area is 116 Å². The van der Waals surface area contributed by atoms with Crippen LogP contribution in [-0.4, -0.2) is 34.3 Å². The number of nitrogens with zero attached hydrogens (tertiary/aromatic N) is 1. The van der Waals surface area contributed by atoms with Gasteiger partial charge in [0.15, 0.2) is 0 Å². The zero-order valence-electron chi connectivity index (χ0n) is 13.1. The van der Waals surface area contributed by atoms with Gasteiger partial charge in [0.1, 0.15) is 12.1 Å². The highest BCUT2D eigenvalue weighted by molar-refractivity contribution is 5.97. The molecule has 1 aliphatic rings. The number of carbonyl (C=O) groups is 2. The van der Waals surface area contributed by atoms with Crippen LogP contribution in [0.1, 0.15) is 60.8 Å². The van der Waals surface area contributed by atoms with Crippen molar-refractivity contribution in [2.45, 2.75) is 78.4 Å². The molecule has 0 aromatic carbocycles. The van der Waals surface area contributed by atoms with Gasteiger partial charge in [0.2, 0.25) is 11.8 Å². The van der Waals surface area contributed by atoms with Gasteiger partial charge in [-0.25, -0.2) is 0 Å². The molecule has 0 bridgehead atoms. The maximum Gasteiger partial charge on any atom is 0.246 e. The number of carbonyl (C=O) groups excluding carboxylic acids is 2. The van der Waals surface area contributed by atoms with E-state index in [4.69, 9.17) is 0 Å². The summed E-state index contributed by atoms with van der Waals surface area (Å²) in [5.41, 5.74) is -0.233. The lowest BCUT2D eigenvalue weighted by Gasteiger charge is -2.49. The van der Waals surface area contributed by atoms with Gasteiger partial charge in [-0.1, -0.05) is 34.6 Å². The topological polar surface area (TPSA) is 49.4 Å². The van der Waals surface area contributed by atoms with Crippen molar-refractivity contribution in [2.75, 3.05) is 0 Å². The van der Waals surface area contributed by atoms with Crippen LogP contribution in [0.4, 0.5) is 0 Å². The first-order valence-corrected chi connectivity index (χ1v) is 7.45. The van der Waals surface area contributed by atoms with Crippen molar-refractivity contribution in [2.24, 2.45) is 5.92 Å². The van der Waals surface area contributed by atoms with Crippen molar-refractivity contribution in [3.63, 3.8) is 0 Å². The van der Waals surface area contributed by atoms with Gasteiger partial charge in [-0.2, -0.15) is 0 Å². The van der Waals surface area contributed by atoms with E-state index in [1.165, 1.54) is 0 Å². The first-order chi connectivity index (χ1) is 8.82. The van der Waals surface area contributed by atoms with Crippen LogP contribution < -0.4 is 5.32 Å². The maximum absolute atomic E-state index is 12.8. The summed E-state index contributed by atoms with van der Waals surface area (Å²) >= 11 is 0. The van der Waals surface area contributed by atoms with Gasteiger partial charge in [0.25, 0.3) is 0 Å². The average molecular weight is 268 g/mol. The van der Waals surface area contributed by atoms with Crippen molar-refractivity contribution in [1.29, 1.82) is 0 Å². The minimum Gasteiger partial charge on any atom is -0.342 e. The molecule has 2 atom stereocenters. The normalized spacial score (nSPS) is 24.9. The number of amides is 2. The highest BCUT2D eigenvalue weighted by Crippen LogP contribution is 2.31. The van der Waals surface area contributed by atoms with E-state index in [0.29, 0.717) is 6.42 Å². The molecule has 2 unspecified atom stereocenters. The fourth-order valence-corrected chi connectivity index (χ4v) is 2.78. The molecule has 0 radical (unpaired) electrons. The van der Waals surface area contributed by atoms with E-state index in [1.807, 2.05) is 25.7 Å². The van der Waals surface area contributed by atoms with Gasteiger partial charge < -0.3 is 10.2 Å². The van der Waals surface area contributed by atoms with Crippen molar-refractivity contribution in [3.8, 4) is 0 Å². The van der Waals surface area contributed by atoms with Crippen LogP contribution in [0.2, 0.25) is 0 Å². The number of rotatable bonds is 5. The van der Waals surface area contributed by atoms with Crippen LogP contribution in [0.15, 0.2) is 0 Å². The molecular formula is C15H28N2O2. The predicted octanol–water partition coefficient (Wildman–Crippen LogP) is 2.33. The first kappa shape index (κ1) is 16.0. The Hall–Kier alpha value is -1.06. The number of piperazine rings is 1. The zero-order valence-corrected chi connectivity index (χ0v) is 13.1. The van der Waals surface area contributed by atoms with Crippen LogP contribution in [-0.2, 0) is 9.59 Å². The second-order valence-corrected chi connectivity index (χ2v) is 6.07. The smallest absolute Gasteiger partial charge is 0.246 e. The second kappa shape index (κ2) is 5.93. The molecule has 1 aliphatic heterocycles. The first-order valence-electron chi connectivity index (χ1n) is 7.45. The van der Waals surface area contributed by atoms with Gasteiger partial charge >= 0.3 is 0 Å². The van der Waals surface area contributed by atoms with Gasteiger partial charge in [0, 0.05) is 5.54 Å². The summed E-state index contributed by atoms with van der Waals surface area (Å²) in [5, 5.41) is 2.89. The molecule has 1 fully saturated rings. The van der Waals surface area contributed by atoms with Crippen molar-refractivity contribution >= 4 is 11.8 Å². The Morgan fingerprint density at radius 3 is 2.11 bits per heavy atom. The fraction of sp³-hybridized carbons (Fsp3) is 0.867. The van der Waals surface area contributed by atoms with E-state index in [0.717, 1.165) is 12.8 Å². The standard InChI is InChI=1S/C15H28N2O2/c1-7-11-13(18)16-12(10(4)5)14(19)17(11)15(6,8-2)9-3/h10-12H,7-9H2,1-6H3,(H,16,18).